The molecule has 1 rings (SSSR count). The number of carbonyl (C=O) groups is 1. The van der Waals surface area contributed by atoms with E-state index in [0.717, 1.165) is 0 Å². The zero-order valence-electron chi connectivity index (χ0n) is 8.13. The third-order valence-corrected chi connectivity index (χ3v) is 3.10. The minimum Gasteiger partial charge on any atom is -0.479 e. The summed E-state index contributed by atoms with van der Waals surface area (Å²) in [4.78, 5) is 28.0. The Labute approximate surface area is 90.6 Å². The molecule has 16 heavy (non-hydrogen) atoms. The fourth-order valence-corrected chi connectivity index (χ4v) is 2.27. The number of hydrogen-bond donors (Lipinski definition) is 5. The van der Waals surface area contributed by atoms with Crippen LogP contribution in [0, 0.1) is 0 Å². The highest BCUT2D eigenvalue weighted by Gasteiger charge is 2.42. The molecule has 0 aromatic heterocycles. The summed E-state index contributed by atoms with van der Waals surface area (Å²) in [6, 6.07) is 0. The molecule has 1 aliphatic rings. The van der Waals surface area contributed by atoms with Gasteiger partial charge < -0.3 is 29.8 Å². The van der Waals surface area contributed by atoms with Crippen molar-refractivity contribution in [1.29, 1.82) is 0 Å². The molecule has 0 saturated carbocycles. The Bertz CT molecular complexity index is 312. The van der Waals surface area contributed by atoms with Gasteiger partial charge in [-0.25, -0.2) is 4.79 Å². The maximum Gasteiger partial charge on any atom is 0.332 e. The SMILES string of the molecule is O=C(O)C1CC(O)C(O)C(CP(=O)(O)O)O1. The molecule has 0 spiro atoms. The first-order chi connectivity index (χ1) is 7.20. The first-order valence-corrected chi connectivity index (χ1v) is 6.29. The number of ether oxygens (including phenoxy) is 1. The Morgan fingerprint density at radius 3 is 2.38 bits per heavy atom. The van der Waals surface area contributed by atoms with Crippen LogP contribution in [0.15, 0.2) is 0 Å². The highest BCUT2D eigenvalue weighted by atomic mass is 31.2. The van der Waals surface area contributed by atoms with E-state index < -0.39 is 44.1 Å². The van der Waals surface area contributed by atoms with Crippen LogP contribution in [0.4, 0.5) is 0 Å². The monoisotopic (exact) mass is 256 g/mol. The van der Waals surface area contributed by atoms with E-state index in [9.17, 15) is 19.6 Å². The van der Waals surface area contributed by atoms with Crippen LogP contribution in [0.2, 0.25) is 0 Å². The standard InChI is InChI=1S/C7H13O8P/c8-3-1-4(7(10)11)15-5(6(3)9)2-16(12,13)14/h3-6,8-9H,1-2H2,(H,10,11)(H2,12,13,14). The van der Waals surface area contributed by atoms with Crippen molar-refractivity contribution < 1.29 is 39.2 Å². The molecule has 0 amide bonds. The Balaban J connectivity index is 2.74. The van der Waals surface area contributed by atoms with Crippen molar-refractivity contribution in [3.8, 4) is 0 Å². The van der Waals surface area contributed by atoms with E-state index in [1.807, 2.05) is 0 Å². The summed E-state index contributed by atoms with van der Waals surface area (Å²) in [5.41, 5.74) is 0. The van der Waals surface area contributed by atoms with Gasteiger partial charge in [0.1, 0.15) is 6.10 Å². The molecule has 4 atom stereocenters. The smallest absolute Gasteiger partial charge is 0.332 e. The molecule has 1 fully saturated rings. The molecule has 5 N–H and O–H groups in total. The van der Waals surface area contributed by atoms with Crippen LogP contribution in [-0.4, -0.2) is 61.7 Å². The van der Waals surface area contributed by atoms with Gasteiger partial charge in [0, 0.05) is 6.42 Å². The summed E-state index contributed by atoms with van der Waals surface area (Å²) in [5.74, 6) is -1.35. The van der Waals surface area contributed by atoms with E-state index in [1.165, 1.54) is 0 Å². The molecule has 1 heterocycles. The Kier molecular flexibility index (Phi) is 4.06. The fourth-order valence-electron chi connectivity index (χ4n) is 1.50. The van der Waals surface area contributed by atoms with Gasteiger partial charge in [-0.15, -0.1) is 0 Å². The number of carboxylic acids is 1. The van der Waals surface area contributed by atoms with Crippen molar-refractivity contribution >= 4 is 13.6 Å². The van der Waals surface area contributed by atoms with Gasteiger partial charge in [-0.05, 0) is 0 Å². The summed E-state index contributed by atoms with van der Waals surface area (Å²) in [6.07, 6.45) is -6.75. The minimum absolute atomic E-state index is 0.311. The maximum atomic E-state index is 10.7. The maximum absolute atomic E-state index is 10.7. The van der Waals surface area contributed by atoms with E-state index in [1.54, 1.807) is 0 Å². The lowest BCUT2D eigenvalue weighted by atomic mass is 9.99. The molecule has 4 unspecified atom stereocenters. The first-order valence-electron chi connectivity index (χ1n) is 4.49. The molecule has 1 saturated heterocycles. The van der Waals surface area contributed by atoms with Crippen molar-refractivity contribution in [3.05, 3.63) is 0 Å². The summed E-state index contributed by atoms with van der Waals surface area (Å²) in [7, 11) is -4.44. The lowest BCUT2D eigenvalue weighted by Crippen LogP contribution is -2.51. The summed E-state index contributed by atoms with van der Waals surface area (Å²) >= 11 is 0. The van der Waals surface area contributed by atoms with Crippen LogP contribution < -0.4 is 0 Å². The molecule has 8 nitrogen and oxygen atoms in total. The van der Waals surface area contributed by atoms with Gasteiger partial charge >= 0.3 is 13.6 Å². The summed E-state index contributed by atoms with van der Waals surface area (Å²) in [5, 5.41) is 27.4. The zero-order chi connectivity index (χ0) is 12.5. The summed E-state index contributed by atoms with van der Waals surface area (Å²) < 4.78 is 15.5. The van der Waals surface area contributed by atoms with E-state index in [0.29, 0.717) is 0 Å². The molecule has 1 aliphatic heterocycles. The highest BCUT2D eigenvalue weighted by molar-refractivity contribution is 7.51. The molecular weight excluding hydrogens is 243 g/mol. The normalized spacial score (nSPS) is 36.0. The van der Waals surface area contributed by atoms with Gasteiger partial charge in [0.25, 0.3) is 0 Å². The Morgan fingerprint density at radius 1 is 1.38 bits per heavy atom. The van der Waals surface area contributed by atoms with Gasteiger partial charge in [-0.2, -0.15) is 0 Å². The van der Waals surface area contributed by atoms with E-state index in [2.05, 4.69) is 0 Å². The van der Waals surface area contributed by atoms with Crippen LogP contribution in [0.25, 0.3) is 0 Å². The number of rotatable bonds is 3. The second kappa shape index (κ2) is 4.79. The third kappa shape index (κ3) is 3.51. The topological polar surface area (TPSA) is 145 Å². The zero-order valence-corrected chi connectivity index (χ0v) is 9.03. The van der Waals surface area contributed by atoms with Crippen molar-refractivity contribution in [2.75, 3.05) is 6.16 Å². The van der Waals surface area contributed by atoms with E-state index in [4.69, 9.17) is 19.6 Å². The van der Waals surface area contributed by atoms with Crippen molar-refractivity contribution in [2.24, 2.45) is 0 Å². The minimum atomic E-state index is -4.44. The van der Waals surface area contributed by atoms with Crippen LogP contribution in [0.5, 0.6) is 0 Å². The van der Waals surface area contributed by atoms with Crippen LogP contribution in [0.1, 0.15) is 6.42 Å². The molecule has 0 aromatic carbocycles. The number of aliphatic hydroxyl groups excluding tert-OH is 2. The molecule has 0 bridgehead atoms. The quantitative estimate of drug-likeness (QED) is 0.369. The predicted octanol–water partition coefficient (Wildman–Crippen LogP) is -1.87. The lowest BCUT2D eigenvalue weighted by Gasteiger charge is -2.35. The number of aliphatic hydroxyl groups is 2. The molecule has 9 heteroatoms. The fraction of sp³-hybridized carbons (Fsp3) is 0.857. The largest absolute Gasteiger partial charge is 0.479 e. The number of hydrogen-bond acceptors (Lipinski definition) is 5. The van der Waals surface area contributed by atoms with E-state index in [-0.39, 0.29) is 6.42 Å². The second-order valence-corrected chi connectivity index (χ2v) is 5.34. The van der Waals surface area contributed by atoms with Crippen LogP contribution in [-0.2, 0) is 14.1 Å². The molecule has 0 radical (unpaired) electrons. The van der Waals surface area contributed by atoms with Crippen molar-refractivity contribution in [3.63, 3.8) is 0 Å². The summed E-state index contributed by atoms with van der Waals surface area (Å²) in [6.45, 7) is 0. The van der Waals surface area contributed by atoms with Gasteiger partial charge in [0.15, 0.2) is 6.10 Å². The number of carboxylic acid groups (broad SMARTS) is 1. The predicted molar refractivity (Wildman–Crippen MR) is 49.8 cm³/mol. The third-order valence-electron chi connectivity index (χ3n) is 2.26. The van der Waals surface area contributed by atoms with Gasteiger partial charge in [0.05, 0.1) is 18.4 Å². The lowest BCUT2D eigenvalue weighted by molar-refractivity contribution is -0.185. The Hall–Kier alpha value is -0.500. The second-order valence-electron chi connectivity index (χ2n) is 3.64. The molecule has 94 valence electrons. The van der Waals surface area contributed by atoms with Gasteiger partial charge in [-0.3, -0.25) is 4.57 Å². The van der Waals surface area contributed by atoms with Crippen LogP contribution >= 0.6 is 7.60 Å². The van der Waals surface area contributed by atoms with Crippen LogP contribution in [0.3, 0.4) is 0 Å². The average molecular weight is 256 g/mol. The highest BCUT2D eigenvalue weighted by Crippen LogP contribution is 2.38. The van der Waals surface area contributed by atoms with Gasteiger partial charge in [0.2, 0.25) is 0 Å². The molecule has 0 aromatic rings. The molecule has 0 aliphatic carbocycles. The van der Waals surface area contributed by atoms with E-state index >= 15 is 0 Å². The number of aliphatic carboxylic acids is 1. The first kappa shape index (κ1) is 13.6. The van der Waals surface area contributed by atoms with Crippen molar-refractivity contribution in [2.45, 2.75) is 30.8 Å². The Morgan fingerprint density at radius 2 is 1.94 bits per heavy atom. The van der Waals surface area contributed by atoms with Gasteiger partial charge in [-0.1, -0.05) is 0 Å². The molecular formula is C7H13O8P. The average Bonchev–Trinajstić information content (AvgIpc) is 2.10. The van der Waals surface area contributed by atoms with Crippen molar-refractivity contribution in [1.82, 2.24) is 0 Å².